The summed E-state index contributed by atoms with van der Waals surface area (Å²) in [5, 5.41) is 0.487. The predicted octanol–water partition coefficient (Wildman–Crippen LogP) is 3.60. The summed E-state index contributed by atoms with van der Waals surface area (Å²) in [7, 11) is 0. The third-order valence-corrected chi connectivity index (χ3v) is 3.08. The Hall–Kier alpha value is -2.07. The lowest BCUT2D eigenvalue weighted by Gasteiger charge is -2.00. The van der Waals surface area contributed by atoms with Gasteiger partial charge in [0.15, 0.2) is 5.82 Å². The molecule has 0 amide bonds. The van der Waals surface area contributed by atoms with Crippen LogP contribution in [0.1, 0.15) is 0 Å². The number of imidazole rings is 1. The molecule has 2 aromatic carbocycles. The minimum absolute atomic E-state index is 0.320. The van der Waals surface area contributed by atoms with Gasteiger partial charge in [-0.2, -0.15) is 0 Å². The predicted molar refractivity (Wildman–Crippen MR) is 70.9 cm³/mol. The zero-order valence-corrected chi connectivity index (χ0v) is 10.0. The van der Waals surface area contributed by atoms with Gasteiger partial charge in [0, 0.05) is 5.56 Å². The molecule has 0 aliphatic rings. The van der Waals surface area contributed by atoms with Crippen LogP contribution in [0, 0.1) is 5.82 Å². The number of anilines is 1. The lowest BCUT2D eigenvalue weighted by atomic mass is 10.2. The zero-order valence-electron chi connectivity index (χ0n) is 9.24. The molecule has 0 unspecified atom stereocenters. The second kappa shape index (κ2) is 3.99. The first-order chi connectivity index (χ1) is 8.65. The van der Waals surface area contributed by atoms with Crippen molar-refractivity contribution in [3.63, 3.8) is 0 Å². The van der Waals surface area contributed by atoms with E-state index < -0.39 is 0 Å². The number of halogens is 2. The number of H-pyrrole nitrogens is 1. The van der Waals surface area contributed by atoms with E-state index in [2.05, 4.69) is 9.97 Å². The zero-order chi connectivity index (χ0) is 12.7. The van der Waals surface area contributed by atoms with Crippen LogP contribution in [-0.2, 0) is 0 Å². The molecule has 90 valence electrons. The third kappa shape index (κ3) is 1.71. The van der Waals surface area contributed by atoms with Crippen LogP contribution in [0.15, 0.2) is 36.4 Å². The smallest absolute Gasteiger partial charge is 0.151 e. The van der Waals surface area contributed by atoms with Crippen LogP contribution in [0.3, 0.4) is 0 Å². The summed E-state index contributed by atoms with van der Waals surface area (Å²) in [6.07, 6.45) is 0. The lowest BCUT2D eigenvalue weighted by Crippen LogP contribution is -1.88. The van der Waals surface area contributed by atoms with E-state index in [4.69, 9.17) is 17.3 Å². The van der Waals surface area contributed by atoms with Crippen molar-refractivity contribution in [1.29, 1.82) is 0 Å². The minimum Gasteiger partial charge on any atom is -0.398 e. The van der Waals surface area contributed by atoms with Crippen LogP contribution in [-0.4, -0.2) is 9.97 Å². The number of benzene rings is 2. The number of nitrogens with two attached hydrogens (primary N) is 1. The molecule has 1 heterocycles. The SMILES string of the molecule is Nc1cc(-c2nc3c(F)cccc3[nH]2)ccc1Cl. The first-order valence-corrected chi connectivity index (χ1v) is 5.72. The van der Waals surface area contributed by atoms with Crippen molar-refractivity contribution in [3.05, 3.63) is 47.2 Å². The number of hydrogen-bond donors (Lipinski definition) is 2. The van der Waals surface area contributed by atoms with Gasteiger partial charge in [0.05, 0.1) is 16.2 Å². The van der Waals surface area contributed by atoms with Crippen LogP contribution in [0.25, 0.3) is 22.4 Å². The molecule has 0 spiro atoms. The first-order valence-electron chi connectivity index (χ1n) is 5.35. The molecular formula is C13H9ClFN3. The van der Waals surface area contributed by atoms with E-state index in [1.54, 1.807) is 30.3 Å². The van der Waals surface area contributed by atoms with Gasteiger partial charge in [-0.3, -0.25) is 0 Å². The van der Waals surface area contributed by atoms with Crippen LogP contribution in [0.2, 0.25) is 5.02 Å². The number of para-hydroxylation sites is 1. The van der Waals surface area contributed by atoms with Crippen molar-refractivity contribution < 1.29 is 4.39 Å². The van der Waals surface area contributed by atoms with E-state index in [1.165, 1.54) is 6.07 Å². The molecule has 0 aliphatic heterocycles. The molecule has 0 saturated carbocycles. The van der Waals surface area contributed by atoms with E-state index in [-0.39, 0.29) is 5.82 Å². The van der Waals surface area contributed by atoms with Gasteiger partial charge in [-0.15, -0.1) is 0 Å². The van der Waals surface area contributed by atoms with Crippen molar-refractivity contribution in [2.75, 3.05) is 5.73 Å². The molecular weight excluding hydrogens is 253 g/mol. The van der Waals surface area contributed by atoms with Gasteiger partial charge < -0.3 is 10.7 Å². The lowest BCUT2D eigenvalue weighted by molar-refractivity contribution is 0.637. The molecule has 0 bridgehead atoms. The summed E-state index contributed by atoms with van der Waals surface area (Å²) in [6.45, 7) is 0. The highest BCUT2D eigenvalue weighted by Crippen LogP contribution is 2.27. The molecule has 3 aromatic rings. The maximum Gasteiger partial charge on any atom is 0.151 e. The second-order valence-electron chi connectivity index (χ2n) is 3.96. The molecule has 3 N–H and O–H groups in total. The van der Waals surface area contributed by atoms with Gasteiger partial charge in [0.1, 0.15) is 11.3 Å². The average Bonchev–Trinajstić information content (AvgIpc) is 2.78. The van der Waals surface area contributed by atoms with Gasteiger partial charge >= 0.3 is 0 Å². The largest absolute Gasteiger partial charge is 0.398 e. The second-order valence-corrected chi connectivity index (χ2v) is 4.36. The highest BCUT2D eigenvalue weighted by atomic mass is 35.5. The highest BCUT2D eigenvalue weighted by molar-refractivity contribution is 6.33. The average molecular weight is 262 g/mol. The van der Waals surface area contributed by atoms with Gasteiger partial charge in [-0.05, 0) is 30.3 Å². The maximum absolute atomic E-state index is 13.5. The Bertz CT molecular complexity index is 736. The number of hydrogen-bond acceptors (Lipinski definition) is 2. The Labute approximate surface area is 107 Å². The Morgan fingerprint density at radius 1 is 1.22 bits per heavy atom. The van der Waals surface area contributed by atoms with Crippen molar-refractivity contribution in [3.8, 4) is 11.4 Å². The number of aromatic amines is 1. The van der Waals surface area contributed by atoms with E-state index in [9.17, 15) is 4.39 Å². The molecule has 0 aliphatic carbocycles. The van der Waals surface area contributed by atoms with Gasteiger partial charge in [0.25, 0.3) is 0 Å². The van der Waals surface area contributed by atoms with Crippen molar-refractivity contribution in [1.82, 2.24) is 9.97 Å². The fourth-order valence-corrected chi connectivity index (χ4v) is 1.94. The Morgan fingerprint density at radius 2 is 2.06 bits per heavy atom. The molecule has 1 aromatic heterocycles. The van der Waals surface area contributed by atoms with Crippen LogP contribution < -0.4 is 5.73 Å². The monoisotopic (exact) mass is 261 g/mol. The minimum atomic E-state index is -0.350. The molecule has 3 rings (SSSR count). The fraction of sp³-hybridized carbons (Fsp3) is 0. The summed E-state index contributed by atoms with van der Waals surface area (Å²) in [6, 6.07) is 9.97. The maximum atomic E-state index is 13.5. The number of nitrogens with zero attached hydrogens (tertiary/aromatic N) is 1. The number of fused-ring (bicyclic) bond motifs is 1. The van der Waals surface area contributed by atoms with Crippen molar-refractivity contribution >= 4 is 28.3 Å². The van der Waals surface area contributed by atoms with Crippen LogP contribution >= 0.6 is 11.6 Å². The molecule has 3 nitrogen and oxygen atoms in total. The molecule has 0 saturated heterocycles. The summed E-state index contributed by atoms with van der Waals surface area (Å²) in [5.74, 6) is 0.218. The van der Waals surface area contributed by atoms with E-state index in [0.29, 0.717) is 27.6 Å². The Kier molecular flexibility index (Phi) is 2.45. The molecule has 0 atom stereocenters. The summed E-state index contributed by atoms with van der Waals surface area (Å²) in [5.41, 5.74) is 7.94. The Morgan fingerprint density at radius 3 is 2.78 bits per heavy atom. The van der Waals surface area contributed by atoms with E-state index >= 15 is 0 Å². The van der Waals surface area contributed by atoms with Crippen LogP contribution in [0.5, 0.6) is 0 Å². The van der Waals surface area contributed by atoms with Crippen molar-refractivity contribution in [2.45, 2.75) is 0 Å². The molecule has 18 heavy (non-hydrogen) atoms. The summed E-state index contributed by atoms with van der Waals surface area (Å²) in [4.78, 5) is 7.27. The van der Waals surface area contributed by atoms with Crippen molar-refractivity contribution in [2.24, 2.45) is 0 Å². The Balaban J connectivity index is 2.19. The number of nitrogens with one attached hydrogen (secondary N) is 1. The number of rotatable bonds is 1. The normalized spacial score (nSPS) is 11.0. The van der Waals surface area contributed by atoms with Gasteiger partial charge in [-0.25, -0.2) is 9.37 Å². The third-order valence-electron chi connectivity index (χ3n) is 2.73. The summed E-state index contributed by atoms with van der Waals surface area (Å²) >= 11 is 5.86. The molecule has 0 radical (unpaired) electrons. The van der Waals surface area contributed by atoms with E-state index in [0.717, 1.165) is 5.56 Å². The molecule has 0 fully saturated rings. The fourth-order valence-electron chi connectivity index (χ4n) is 1.82. The van der Waals surface area contributed by atoms with Gasteiger partial charge in [0.2, 0.25) is 0 Å². The first kappa shape index (κ1) is 11.0. The molecule has 5 heteroatoms. The van der Waals surface area contributed by atoms with Crippen LogP contribution in [0.4, 0.5) is 10.1 Å². The number of nitrogen functional groups attached to an aromatic ring is 1. The van der Waals surface area contributed by atoms with E-state index in [1.807, 2.05) is 0 Å². The number of aromatic nitrogens is 2. The highest BCUT2D eigenvalue weighted by Gasteiger charge is 2.09. The summed E-state index contributed by atoms with van der Waals surface area (Å²) < 4.78 is 13.5. The van der Waals surface area contributed by atoms with Gasteiger partial charge in [-0.1, -0.05) is 17.7 Å². The quantitative estimate of drug-likeness (QED) is 0.658. The standard InChI is InChI=1S/C13H9ClFN3/c14-8-5-4-7(6-10(8)16)13-17-11-3-1-2-9(15)12(11)18-13/h1-6H,16H2,(H,17,18). The topological polar surface area (TPSA) is 54.7 Å².